The first kappa shape index (κ1) is 15.5. The SMILES string of the molecule is CC(C)c1nc2cc(C(=O)NCc3ccc4c(c3)OCO4)ccc2o1. The van der Waals surface area contributed by atoms with Crippen molar-refractivity contribution in [2.75, 3.05) is 6.79 Å². The van der Waals surface area contributed by atoms with Crippen molar-refractivity contribution in [2.45, 2.75) is 26.3 Å². The van der Waals surface area contributed by atoms with Gasteiger partial charge in [0.15, 0.2) is 23.0 Å². The van der Waals surface area contributed by atoms with Crippen molar-refractivity contribution in [1.29, 1.82) is 0 Å². The van der Waals surface area contributed by atoms with Crippen LogP contribution in [-0.2, 0) is 6.54 Å². The summed E-state index contributed by atoms with van der Waals surface area (Å²) in [6.07, 6.45) is 0. The molecule has 6 heteroatoms. The van der Waals surface area contributed by atoms with Crippen molar-refractivity contribution in [2.24, 2.45) is 0 Å². The van der Waals surface area contributed by atoms with E-state index in [0.717, 1.165) is 11.3 Å². The van der Waals surface area contributed by atoms with Crippen molar-refractivity contribution >= 4 is 17.0 Å². The van der Waals surface area contributed by atoms with Crippen molar-refractivity contribution in [1.82, 2.24) is 10.3 Å². The van der Waals surface area contributed by atoms with Gasteiger partial charge in [-0.15, -0.1) is 0 Å². The molecule has 2 aromatic carbocycles. The van der Waals surface area contributed by atoms with E-state index in [-0.39, 0.29) is 18.6 Å². The van der Waals surface area contributed by atoms with Crippen LogP contribution in [0, 0.1) is 0 Å². The van der Waals surface area contributed by atoms with Crippen LogP contribution in [0.25, 0.3) is 11.1 Å². The van der Waals surface area contributed by atoms with Gasteiger partial charge < -0.3 is 19.2 Å². The van der Waals surface area contributed by atoms with Gasteiger partial charge in [-0.1, -0.05) is 19.9 Å². The molecule has 1 aromatic heterocycles. The number of amides is 1. The molecule has 0 saturated carbocycles. The lowest BCUT2D eigenvalue weighted by Crippen LogP contribution is -2.22. The number of carbonyl (C=O) groups is 1. The molecule has 6 nitrogen and oxygen atoms in total. The van der Waals surface area contributed by atoms with Crippen LogP contribution in [0.5, 0.6) is 11.5 Å². The second kappa shape index (κ2) is 6.12. The Labute approximate surface area is 144 Å². The summed E-state index contributed by atoms with van der Waals surface area (Å²) in [5, 5.41) is 2.91. The van der Waals surface area contributed by atoms with Crippen LogP contribution in [0.4, 0.5) is 0 Å². The highest BCUT2D eigenvalue weighted by atomic mass is 16.7. The predicted molar refractivity (Wildman–Crippen MR) is 91.8 cm³/mol. The zero-order valence-corrected chi connectivity index (χ0v) is 14.0. The van der Waals surface area contributed by atoms with Crippen molar-refractivity contribution in [3.63, 3.8) is 0 Å². The molecule has 1 N–H and O–H groups in total. The van der Waals surface area contributed by atoms with Gasteiger partial charge in [0, 0.05) is 18.0 Å². The van der Waals surface area contributed by atoms with E-state index in [0.29, 0.717) is 34.8 Å². The molecule has 0 bridgehead atoms. The minimum Gasteiger partial charge on any atom is -0.454 e. The molecule has 3 aromatic rings. The van der Waals surface area contributed by atoms with Gasteiger partial charge in [-0.3, -0.25) is 4.79 Å². The number of oxazole rings is 1. The summed E-state index contributed by atoms with van der Waals surface area (Å²) in [6, 6.07) is 10.9. The third-order valence-corrected chi connectivity index (χ3v) is 4.05. The molecular formula is C19H18N2O4. The second-order valence-electron chi connectivity index (χ2n) is 6.26. The van der Waals surface area contributed by atoms with Crippen molar-refractivity contribution in [3.8, 4) is 11.5 Å². The van der Waals surface area contributed by atoms with Crippen LogP contribution in [0.2, 0.25) is 0 Å². The lowest BCUT2D eigenvalue weighted by atomic mass is 10.1. The third kappa shape index (κ3) is 3.03. The number of nitrogens with zero attached hydrogens (tertiary/aromatic N) is 1. The van der Waals surface area contributed by atoms with Crippen LogP contribution < -0.4 is 14.8 Å². The van der Waals surface area contributed by atoms with Gasteiger partial charge >= 0.3 is 0 Å². The molecule has 128 valence electrons. The number of rotatable bonds is 4. The molecule has 0 aliphatic carbocycles. The van der Waals surface area contributed by atoms with E-state index in [1.54, 1.807) is 18.2 Å². The molecule has 0 fully saturated rings. The Kier molecular flexibility index (Phi) is 3.80. The fraction of sp³-hybridized carbons (Fsp3) is 0.263. The topological polar surface area (TPSA) is 73.6 Å². The number of aromatic nitrogens is 1. The first-order chi connectivity index (χ1) is 12.1. The Balaban J connectivity index is 1.48. The number of nitrogens with one attached hydrogen (secondary N) is 1. The number of benzene rings is 2. The monoisotopic (exact) mass is 338 g/mol. The van der Waals surface area contributed by atoms with Gasteiger partial charge in [0.05, 0.1) is 0 Å². The molecule has 0 spiro atoms. The van der Waals surface area contributed by atoms with Crippen LogP contribution in [0.15, 0.2) is 40.8 Å². The molecule has 25 heavy (non-hydrogen) atoms. The molecule has 1 amide bonds. The molecular weight excluding hydrogens is 320 g/mol. The quantitative estimate of drug-likeness (QED) is 0.787. The first-order valence-corrected chi connectivity index (χ1v) is 8.17. The summed E-state index contributed by atoms with van der Waals surface area (Å²) < 4.78 is 16.3. The van der Waals surface area contributed by atoms with Crippen LogP contribution >= 0.6 is 0 Å². The Morgan fingerprint density at radius 2 is 2.00 bits per heavy atom. The van der Waals surface area contributed by atoms with Crippen LogP contribution in [-0.4, -0.2) is 17.7 Å². The van der Waals surface area contributed by atoms with E-state index >= 15 is 0 Å². The fourth-order valence-corrected chi connectivity index (χ4v) is 2.67. The van der Waals surface area contributed by atoms with Crippen molar-refractivity contribution in [3.05, 3.63) is 53.4 Å². The molecule has 0 atom stereocenters. The number of carbonyl (C=O) groups excluding carboxylic acids is 1. The maximum Gasteiger partial charge on any atom is 0.251 e. The summed E-state index contributed by atoms with van der Waals surface area (Å²) in [6.45, 7) is 4.68. The van der Waals surface area contributed by atoms with E-state index in [1.165, 1.54) is 0 Å². The van der Waals surface area contributed by atoms with E-state index in [1.807, 2.05) is 32.0 Å². The van der Waals surface area contributed by atoms with E-state index in [4.69, 9.17) is 13.9 Å². The minimum absolute atomic E-state index is 0.159. The standard InChI is InChI=1S/C19H18N2O4/c1-11(2)19-21-14-8-13(4-6-15(14)25-19)18(22)20-9-12-3-5-16-17(7-12)24-10-23-16/h3-8,11H,9-10H2,1-2H3,(H,20,22). The first-order valence-electron chi connectivity index (χ1n) is 8.17. The number of hydrogen-bond donors (Lipinski definition) is 1. The van der Waals surface area contributed by atoms with Gasteiger partial charge in [-0.2, -0.15) is 0 Å². The lowest BCUT2D eigenvalue weighted by molar-refractivity contribution is 0.0951. The zero-order chi connectivity index (χ0) is 17.4. The summed E-state index contributed by atoms with van der Waals surface area (Å²) in [4.78, 5) is 16.8. The lowest BCUT2D eigenvalue weighted by Gasteiger charge is -2.06. The van der Waals surface area contributed by atoms with Crippen molar-refractivity contribution < 1.29 is 18.7 Å². The molecule has 1 aliphatic rings. The smallest absolute Gasteiger partial charge is 0.251 e. The number of ether oxygens (including phenoxy) is 2. The van der Waals surface area contributed by atoms with Gasteiger partial charge in [-0.05, 0) is 35.9 Å². The second-order valence-corrected chi connectivity index (χ2v) is 6.26. The average molecular weight is 338 g/mol. The van der Waals surface area contributed by atoms with Gasteiger partial charge in [-0.25, -0.2) is 4.98 Å². The van der Waals surface area contributed by atoms with E-state index < -0.39 is 0 Å². The van der Waals surface area contributed by atoms with Crippen LogP contribution in [0.1, 0.15) is 41.6 Å². The molecule has 0 unspecified atom stereocenters. The summed E-state index contributed by atoms with van der Waals surface area (Å²) in [7, 11) is 0. The Morgan fingerprint density at radius 1 is 1.16 bits per heavy atom. The average Bonchev–Trinajstić information content (AvgIpc) is 3.24. The Bertz CT molecular complexity index is 946. The molecule has 1 aliphatic heterocycles. The number of fused-ring (bicyclic) bond motifs is 2. The van der Waals surface area contributed by atoms with Gasteiger partial charge in [0.25, 0.3) is 5.91 Å². The normalized spacial score (nSPS) is 12.8. The van der Waals surface area contributed by atoms with E-state index in [9.17, 15) is 4.79 Å². The van der Waals surface area contributed by atoms with E-state index in [2.05, 4.69) is 10.3 Å². The summed E-state index contributed by atoms with van der Waals surface area (Å²) in [5.41, 5.74) is 2.88. The Hall–Kier alpha value is -3.02. The molecule has 0 saturated heterocycles. The highest BCUT2D eigenvalue weighted by Crippen LogP contribution is 2.32. The maximum absolute atomic E-state index is 12.4. The highest BCUT2D eigenvalue weighted by molar-refractivity contribution is 5.97. The molecule has 0 radical (unpaired) electrons. The minimum atomic E-state index is -0.159. The molecule has 2 heterocycles. The Morgan fingerprint density at radius 3 is 2.84 bits per heavy atom. The third-order valence-electron chi connectivity index (χ3n) is 4.05. The predicted octanol–water partition coefficient (Wildman–Crippen LogP) is 3.61. The fourth-order valence-electron chi connectivity index (χ4n) is 2.67. The zero-order valence-electron chi connectivity index (χ0n) is 14.0. The maximum atomic E-state index is 12.4. The van der Waals surface area contributed by atoms with Gasteiger partial charge in [0.2, 0.25) is 6.79 Å². The summed E-state index contributed by atoms with van der Waals surface area (Å²) >= 11 is 0. The molecule has 4 rings (SSSR count). The highest BCUT2D eigenvalue weighted by Gasteiger charge is 2.15. The van der Waals surface area contributed by atoms with Gasteiger partial charge in [0.1, 0.15) is 5.52 Å². The number of hydrogen-bond acceptors (Lipinski definition) is 5. The largest absolute Gasteiger partial charge is 0.454 e. The summed E-state index contributed by atoms with van der Waals surface area (Å²) in [5.74, 6) is 2.15. The van der Waals surface area contributed by atoms with Crippen LogP contribution in [0.3, 0.4) is 0 Å².